The third-order valence-electron chi connectivity index (χ3n) is 6.14. The Hall–Kier alpha value is -4.18. The quantitative estimate of drug-likeness (QED) is 0.563. The Balaban J connectivity index is 1.40. The van der Waals surface area contributed by atoms with Gasteiger partial charge in [-0.05, 0) is 47.5 Å². The fourth-order valence-corrected chi connectivity index (χ4v) is 4.35. The van der Waals surface area contributed by atoms with Gasteiger partial charge in [-0.1, -0.05) is 24.3 Å². The van der Waals surface area contributed by atoms with E-state index in [4.69, 9.17) is 13.9 Å². The summed E-state index contributed by atoms with van der Waals surface area (Å²) in [7, 11) is 0. The smallest absolute Gasteiger partial charge is 0.411 e. The van der Waals surface area contributed by atoms with Gasteiger partial charge in [-0.15, -0.1) is 0 Å². The largest absolute Gasteiger partial charge is 0.459 e. The van der Waals surface area contributed by atoms with Crippen LogP contribution < -0.4 is 5.32 Å². The van der Waals surface area contributed by atoms with Crippen molar-refractivity contribution in [2.45, 2.75) is 18.7 Å². The third-order valence-corrected chi connectivity index (χ3v) is 6.14. The number of benzene rings is 2. The molecule has 0 spiro atoms. The van der Waals surface area contributed by atoms with E-state index < -0.39 is 30.0 Å². The van der Waals surface area contributed by atoms with E-state index in [-0.39, 0.29) is 18.2 Å². The van der Waals surface area contributed by atoms with E-state index in [0.29, 0.717) is 43.1 Å². The minimum Gasteiger partial charge on any atom is -0.459 e. The predicted molar refractivity (Wildman–Crippen MR) is 125 cm³/mol. The Kier molecular flexibility index (Phi) is 6.68. The van der Waals surface area contributed by atoms with Gasteiger partial charge >= 0.3 is 6.09 Å². The third kappa shape index (κ3) is 4.94. The fourth-order valence-electron chi connectivity index (χ4n) is 4.35. The molecule has 0 radical (unpaired) electrons. The maximum absolute atomic E-state index is 13.8. The number of carbonyl (C=O) groups is 3. The van der Waals surface area contributed by atoms with Crippen LogP contribution in [0.1, 0.15) is 27.8 Å². The second-order valence-corrected chi connectivity index (χ2v) is 8.50. The Labute approximate surface area is 206 Å². The Morgan fingerprint density at radius 3 is 2.50 bits per heavy atom. The van der Waals surface area contributed by atoms with Crippen LogP contribution >= 0.6 is 0 Å². The maximum atomic E-state index is 13.8. The van der Waals surface area contributed by atoms with Crippen LogP contribution in [0.3, 0.4) is 0 Å². The molecular weight excluding hydrogens is 469 g/mol. The molecule has 3 aromatic rings. The summed E-state index contributed by atoms with van der Waals surface area (Å²) in [5.41, 5.74) is 1.65. The molecule has 3 amide bonds. The van der Waals surface area contributed by atoms with Gasteiger partial charge in [0.05, 0.1) is 26.0 Å². The molecule has 1 aromatic heterocycles. The molecular formula is C26H24FN3O6. The van der Waals surface area contributed by atoms with Crippen LogP contribution in [0.25, 0.3) is 0 Å². The topological polar surface area (TPSA) is 101 Å². The minimum atomic E-state index is -0.942. The molecule has 2 fully saturated rings. The molecule has 186 valence electrons. The standard InChI is InChI=1S/C26H24FN3O6/c27-19-4-1-3-17(15-19)16-30-22(25(32)29-10-13-34-14-11-29)23(36-26(30)33)18-6-8-20(9-7-18)28-24(31)21-5-2-12-35-21/h1-9,12,15,22-23H,10-11,13-14,16H2,(H,28,31)/t22-,23+/m0/s1. The summed E-state index contributed by atoms with van der Waals surface area (Å²) in [4.78, 5) is 41.8. The molecule has 2 aliphatic heterocycles. The average Bonchev–Trinajstić information content (AvgIpc) is 3.54. The minimum absolute atomic E-state index is 0.0190. The van der Waals surface area contributed by atoms with Crippen molar-refractivity contribution in [1.29, 1.82) is 0 Å². The zero-order valence-electron chi connectivity index (χ0n) is 19.3. The monoisotopic (exact) mass is 493 g/mol. The predicted octanol–water partition coefficient (Wildman–Crippen LogP) is 3.59. The second kappa shape index (κ2) is 10.2. The van der Waals surface area contributed by atoms with Crippen molar-refractivity contribution in [1.82, 2.24) is 9.80 Å². The van der Waals surface area contributed by atoms with Crippen molar-refractivity contribution in [2.75, 3.05) is 31.6 Å². The number of halogens is 1. The van der Waals surface area contributed by atoms with Crippen molar-refractivity contribution in [3.8, 4) is 0 Å². The number of hydrogen-bond donors (Lipinski definition) is 1. The van der Waals surface area contributed by atoms with E-state index in [1.54, 1.807) is 53.4 Å². The first-order valence-corrected chi connectivity index (χ1v) is 11.5. The van der Waals surface area contributed by atoms with Crippen LogP contribution in [0.15, 0.2) is 71.3 Å². The fraction of sp³-hybridized carbons (Fsp3) is 0.269. The van der Waals surface area contributed by atoms with Crippen molar-refractivity contribution < 1.29 is 32.7 Å². The van der Waals surface area contributed by atoms with E-state index >= 15 is 0 Å². The van der Waals surface area contributed by atoms with Gasteiger partial charge in [-0.3, -0.25) is 14.5 Å². The summed E-state index contributed by atoms with van der Waals surface area (Å²) in [5, 5.41) is 2.73. The van der Waals surface area contributed by atoms with E-state index in [2.05, 4.69) is 5.32 Å². The van der Waals surface area contributed by atoms with Crippen LogP contribution in [-0.4, -0.2) is 60.1 Å². The SMILES string of the molecule is O=C(Nc1ccc([C@H]2OC(=O)N(Cc3cccc(F)c3)[C@@H]2C(=O)N2CCOCC2)cc1)c1ccco1. The zero-order valence-corrected chi connectivity index (χ0v) is 19.3. The van der Waals surface area contributed by atoms with Gasteiger partial charge in [-0.25, -0.2) is 9.18 Å². The van der Waals surface area contributed by atoms with Crippen molar-refractivity contribution >= 4 is 23.6 Å². The number of hydrogen-bond acceptors (Lipinski definition) is 6. The summed E-state index contributed by atoms with van der Waals surface area (Å²) in [5.74, 6) is -0.921. The number of rotatable bonds is 6. The molecule has 10 heteroatoms. The van der Waals surface area contributed by atoms with Crippen LogP contribution in [-0.2, 0) is 20.8 Å². The molecule has 1 N–H and O–H groups in total. The van der Waals surface area contributed by atoms with Gasteiger partial charge in [0.15, 0.2) is 17.9 Å². The highest BCUT2D eigenvalue weighted by Crippen LogP contribution is 2.35. The van der Waals surface area contributed by atoms with Crippen LogP contribution in [0, 0.1) is 5.82 Å². The number of nitrogens with zero attached hydrogens (tertiary/aromatic N) is 2. The Bertz CT molecular complexity index is 1240. The van der Waals surface area contributed by atoms with Gasteiger partial charge in [-0.2, -0.15) is 0 Å². The molecule has 0 bridgehead atoms. The molecule has 0 unspecified atom stereocenters. The second-order valence-electron chi connectivity index (χ2n) is 8.50. The molecule has 2 aliphatic rings. The highest BCUT2D eigenvalue weighted by molar-refractivity contribution is 6.02. The van der Waals surface area contributed by atoms with Crippen molar-refractivity contribution in [2.24, 2.45) is 0 Å². The van der Waals surface area contributed by atoms with Crippen LogP contribution in [0.2, 0.25) is 0 Å². The molecule has 0 aliphatic carbocycles. The van der Waals surface area contributed by atoms with E-state index in [1.807, 2.05) is 0 Å². The number of amides is 3. The molecule has 2 atom stereocenters. The first kappa shape index (κ1) is 23.6. The maximum Gasteiger partial charge on any atom is 0.411 e. The molecule has 36 heavy (non-hydrogen) atoms. The molecule has 3 heterocycles. The van der Waals surface area contributed by atoms with Gasteiger partial charge in [0.2, 0.25) is 5.91 Å². The Morgan fingerprint density at radius 2 is 1.81 bits per heavy atom. The number of ether oxygens (including phenoxy) is 2. The lowest BCUT2D eigenvalue weighted by Crippen LogP contribution is -2.51. The normalized spacial score (nSPS) is 19.8. The van der Waals surface area contributed by atoms with Crippen molar-refractivity contribution in [3.05, 3.63) is 89.6 Å². The lowest BCUT2D eigenvalue weighted by molar-refractivity contribution is -0.141. The number of anilines is 1. The lowest BCUT2D eigenvalue weighted by Gasteiger charge is -2.32. The van der Waals surface area contributed by atoms with Crippen LogP contribution in [0.5, 0.6) is 0 Å². The first-order valence-electron chi connectivity index (χ1n) is 11.5. The van der Waals surface area contributed by atoms with E-state index in [1.165, 1.54) is 23.3 Å². The summed E-state index contributed by atoms with van der Waals surface area (Å²) in [6.07, 6.45) is -0.129. The number of carbonyl (C=O) groups excluding carboxylic acids is 3. The van der Waals surface area contributed by atoms with Gasteiger partial charge in [0, 0.05) is 18.8 Å². The highest BCUT2D eigenvalue weighted by atomic mass is 19.1. The molecule has 5 rings (SSSR count). The summed E-state index contributed by atoms with van der Waals surface area (Å²) < 4.78 is 29.9. The van der Waals surface area contributed by atoms with E-state index in [9.17, 15) is 18.8 Å². The number of morpholine rings is 1. The zero-order chi connectivity index (χ0) is 25.1. The van der Waals surface area contributed by atoms with Crippen LogP contribution in [0.4, 0.5) is 14.9 Å². The number of cyclic esters (lactones) is 1. The van der Waals surface area contributed by atoms with Gasteiger partial charge in [0.25, 0.3) is 5.91 Å². The Morgan fingerprint density at radius 1 is 1.03 bits per heavy atom. The first-order chi connectivity index (χ1) is 17.5. The average molecular weight is 493 g/mol. The van der Waals surface area contributed by atoms with Crippen molar-refractivity contribution in [3.63, 3.8) is 0 Å². The summed E-state index contributed by atoms with van der Waals surface area (Å²) in [6, 6.07) is 14.8. The number of furan rings is 1. The highest BCUT2D eigenvalue weighted by Gasteiger charge is 2.48. The molecule has 2 saturated heterocycles. The molecule has 9 nitrogen and oxygen atoms in total. The summed E-state index contributed by atoms with van der Waals surface area (Å²) in [6.45, 7) is 1.65. The van der Waals surface area contributed by atoms with E-state index in [0.717, 1.165) is 0 Å². The number of nitrogens with one attached hydrogen (secondary N) is 1. The van der Waals surface area contributed by atoms with Gasteiger partial charge in [0.1, 0.15) is 5.82 Å². The lowest BCUT2D eigenvalue weighted by atomic mass is 9.99. The summed E-state index contributed by atoms with van der Waals surface area (Å²) >= 11 is 0. The molecule has 0 saturated carbocycles. The van der Waals surface area contributed by atoms with Gasteiger partial charge < -0.3 is 24.1 Å². The molecule has 2 aromatic carbocycles.